The predicted octanol–water partition coefficient (Wildman–Crippen LogP) is 3.47. The van der Waals surface area contributed by atoms with Crippen LogP contribution in [0.5, 0.6) is 0 Å². The molecule has 0 heterocycles. The molecule has 4 nitrogen and oxygen atoms in total. The van der Waals surface area contributed by atoms with Crippen molar-refractivity contribution in [2.75, 3.05) is 13.7 Å². The minimum Gasteiger partial charge on any atom is -0.469 e. The summed E-state index contributed by atoms with van der Waals surface area (Å²) in [6.45, 7) is 0.790. The summed E-state index contributed by atoms with van der Waals surface area (Å²) in [5, 5.41) is 0.637. The van der Waals surface area contributed by atoms with Crippen LogP contribution in [0.1, 0.15) is 17.5 Å². The number of amides is 1. The van der Waals surface area contributed by atoms with Gasteiger partial charge in [-0.25, -0.2) is 0 Å². The zero-order valence-corrected chi connectivity index (χ0v) is 14.3. The Hall–Kier alpha value is -2.33. The van der Waals surface area contributed by atoms with E-state index in [0.717, 1.165) is 11.1 Å². The molecule has 0 atom stereocenters. The lowest BCUT2D eigenvalue weighted by Gasteiger charge is -2.22. The fraction of sp³-hybridized carbons (Fsp3) is 0.263. The zero-order chi connectivity index (χ0) is 17.4. The Bertz CT molecular complexity index is 671. The molecule has 0 saturated heterocycles. The standard InChI is InChI=1S/C19H20ClNO3/c1-24-19(23)11-12-21(14-16-5-3-2-4-6-16)18(22)13-15-7-9-17(20)10-8-15/h2-10H,11-14H2,1H3. The van der Waals surface area contributed by atoms with E-state index in [2.05, 4.69) is 4.74 Å². The molecular formula is C19H20ClNO3. The summed E-state index contributed by atoms with van der Waals surface area (Å²) in [5.74, 6) is -0.363. The van der Waals surface area contributed by atoms with Crippen LogP contribution >= 0.6 is 11.6 Å². The van der Waals surface area contributed by atoms with Crippen LogP contribution in [0.3, 0.4) is 0 Å². The van der Waals surface area contributed by atoms with Crippen molar-refractivity contribution >= 4 is 23.5 Å². The van der Waals surface area contributed by atoms with Crippen molar-refractivity contribution in [3.63, 3.8) is 0 Å². The van der Waals surface area contributed by atoms with Crippen LogP contribution in [-0.2, 0) is 27.3 Å². The fourth-order valence-corrected chi connectivity index (χ4v) is 2.44. The first-order chi connectivity index (χ1) is 11.6. The first kappa shape index (κ1) is 18.0. The highest BCUT2D eigenvalue weighted by Crippen LogP contribution is 2.13. The molecule has 2 rings (SSSR count). The summed E-state index contributed by atoms with van der Waals surface area (Å²) in [4.78, 5) is 25.7. The monoisotopic (exact) mass is 345 g/mol. The van der Waals surface area contributed by atoms with Crippen LogP contribution in [0.2, 0.25) is 5.02 Å². The van der Waals surface area contributed by atoms with Gasteiger partial charge >= 0.3 is 5.97 Å². The number of ether oxygens (including phenoxy) is 1. The molecule has 0 fully saturated rings. The Morgan fingerprint density at radius 3 is 2.29 bits per heavy atom. The SMILES string of the molecule is COC(=O)CCN(Cc1ccccc1)C(=O)Cc1ccc(Cl)cc1. The molecule has 24 heavy (non-hydrogen) atoms. The molecule has 0 spiro atoms. The topological polar surface area (TPSA) is 46.6 Å². The number of esters is 1. The van der Waals surface area contributed by atoms with E-state index in [1.165, 1.54) is 7.11 Å². The maximum absolute atomic E-state index is 12.6. The Morgan fingerprint density at radius 2 is 1.67 bits per heavy atom. The third-order valence-electron chi connectivity index (χ3n) is 3.65. The Kier molecular flexibility index (Phi) is 6.82. The number of nitrogens with zero attached hydrogens (tertiary/aromatic N) is 1. The van der Waals surface area contributed by atoms with E-state index in [1.54, 1.807) is 17.0 Å². The maximum atomic E-state index is 12.6. The minimum absolute atomic E-state index is 0.0370. The first-order valence-corrected chi connectivity index (χ1v) is 8.09. The van der Waals surface area contributed by atoms with Gasteiger partial charge in [0.15, 0.2) is 0 Å². The van der Waals surface area contributed by atoms with Gasteiger partial charge in [-0.1, -0.05) is 54.1 Å². The van der Waals surface area contributed by atoms with Crippen LogP contribution < -0.4 is 0 Å². The quantitative estimate of drug-likeness (QED) is 0.722. The average molecular weight is 346 g/mol. The van der Waals surface area contributed by atoms with Crippen LogP contribution in [0, 0.1) is 0 Å². The van der Waals surface area contributed by atoms with Crippen molar-refractivity contribution in [2.45, 2.75) is 19.4 Å². The lowest BCUT2D eigenvalue weighted by molar-refractivity contribution is -0.141. The lowest BCUT2D eigenvalue weighted by atomic mass is 10.1. The third-order valence-corrected chi connectivity index (χ3v) is 3.90. The number of hydrogen-bond donors (Lipinski definition) is 0. The van der Waals surface area contributed by atoms with E-state index in [0.29, 0.717) is 18.1 Å². The lowest BCUT2D eigenvalue weighted by Crippen LogP contribution is -2.34. The minimum atomic E-state index is -0.327. The normalized spacial score (nSPS) is 10.2. The third kappa shape index (κ3) is 5.70. The second-order valence-electron chi connectivity index (χ2n) is 5.43. The smallest absolute Gasteiger partial charge is 0.307 e. The van der Waals surface area contributed by atoms with Gasteiger partial charge in [-0.15, -0.1) is 0 Å². The average Bonchev–Trinajstić information content (AvgIpc) is 2.61. The van der Waals surface area contributed by atoms with Crippen molar-refractivity contribution in [3.05, 3.63) is 70.7 Å². The van der Waals surface area contributed by atoms with Gasteiger partial charge < -0.3 is 9.64 Å². The summed E-state index contributed by atoms with van der Waals surface area (Å²) >= 11 is 5.87. The highest BCUT2D eigenvalue weighted by atomic mass is 35.5. The van der Waals surface area contributed by atoms with Gasteiger partial charge in [0.2, 0.25) is 5.91 Å². The van der Waals surface area contributed by atoms with E-state index < -0.39 is 0 Å². The van der Waals surface area contributed by atoms with E-state index in [4.69, 9.17) is 11.6 Å². The number of carbonyl (C=O) groups excluding carboxylic acids is 2. The Morgan fingerprint density at radius 1 is 1.00 bits per heavy atom. The molecule has 0 aromatic heterocycles. The molecular weight excluding hydrogens is 326 g/mol. The van der Waals surface area contributed by atoms with Gasteiger partial charge in [0.05, 0.1) is 20.0 Å². The number of benzene rings is 2. The molecule has 2 aromatic carbocycles. The molecule has 5 heteroatoms. The molecule has 0 bridgehead atoms. The Labute approximate surface area is 147 Å². The van der Waals surface area contributed by atoms with Gasteiger partial charge in [0, 0.05) is 18.1 Å². The van der Waals surface area contributed by atoms with E-state index >= 15 is 0 Å². The fourth-order valence-electron chi connectivity index (χ4n) is 2.31. The van der Waals surface area contributed by atoms with Crippen LogP contribution in [0.15, 0.2) is 54.6 Å². The molecule has 0 saturated carbocycles. The van der Waals surface area contributed by atoms with Gasteiger partial charge in [0.1, 0.15) is 0 Å². The molecule has 0 aliphatic carbocycles. The van der Waals surface area contributed by atoms with E-state index in [9.17, 15) is 9.59 Å². The number of methoxy groups -OCH3 is 1. The summed E-state index contributed by atoms with van der Waals surface area (Å²) < 4.78 is 4.67. The van der Waals surface area contributed by atoms with Gasteiger partial charge in [-0.05, 0) is 23.3 Å². The van der Waals surface area contributed by atoms with Gasteiger partial charge in [0.25, 0.3) is 0 Å². The number of rotatable bonds is 7. The molecule has 0 unspecified atom stereocenters. The highest BCUT2D eigenvalue weighted by Gasteiger charge is 2.16. The molecule has 0 N–H and O–H groups in total. The van der Waals surface area contributed by atoms with Crippen LogP contribution in [-0.4, -0.2) is 30.4 Å². The van der Waals surface area contributed by atoms with Crippen molar-refractivity contribution in [2.24, 2.45) is 0 Å². The molecule has 1 amide bonds. The summed E-state index contributed by atoms with van der Waals surface area (Å²) in [5.41, 5.74) is 1.91. The molecule has 0 radical (unpaired) electrons. The van der Waals surface area contributed by atoms with E-state index in [1.807, 2.05) is 42.5 Å². The largest absolute Gasteiger partial charge is 0.469 e. The number of hydrogen-bond acceptors (Lipinski definition) is 3. The molecule has 0 aliphatic heterocycles. The maximum Gasteiger partial charge on any atom is 0.307 e. The first-order valence-electron chi connectivity index (χ1n) is 7.71. The summed E-state index contributed by atoms with van der Waals surface area (Å²) in [7, 11) is 1.35. The second-order valence-corrected chi connectivity index (χ2v) is 5.87. The van der Waals surface area contributed by atoms with Crippen LogP contribution in [0.4, 0.5) is 0 Å². The molecule has 0 aliphatic rings. The van der Waals surface area contributed by atoms with Crippen molar-refractivity contribution in [3.8, 4) is 0 Å². The van der Waals surface area contributed by atoms with E-state index in [-0.39, 0.29) is 24.7 Å². The predicted molar refractivity (Wildman–Crippen MR) is 93.6 cm³/mol. The van der Waals surface area contributed by atoms with Crippen LogP contribution in [0.25, 0.3) is 0 Å². The van der Waals surface area contributed by atoms with Crippen molar-refractivity contribution in [1.82, 2.24) is 4.90 Å². The van der Waals surface area contributed by atoms with Gasteiger partial charge in [-0.3, -0.25) is 9.59 Å². The highest BCUT2D eigenvalue weighted by molar-refractivity contribution is 6.30. The number of halogens is 1. The molecule has 126 valence electrons. The number of carbonyl (C=O) groups is 2. The second kappa shape index (κ2) is 9.08. The summed E-state index contributed by atoms with van der Waals surface area (Å²) in [6, 6.07) is 16.9. The van der Waals surface area contributed by atoms with Gasteiger partial charge in [-0.2, -0.15) is 0 Å². The van der Waals surface area contributed by atoms with Crippen molar-refractivity contribution in [1.29, 1.82) is 0 Å². The summed E-state index contributed by atoms with van der Waals surface area (Å²) in [6.07, 6.45) is 0.445. The van der Waals surface area contributed by atoms with Crippen molar-refractivity contribution < 1.29 is 14.3 Å². The Balaban J connectivity index is 2.06. The molecule has 2 aromatic rings. The zero-order valence-electron chi connectivity index (χ0n) is 13.6.